The average molecular weight is 279 g/mol. The molecule has 0 radical (unpaired) electrons. The Hall–Kier alpha value is -1.87. The van der Waals surface area contributed by atoms with Crippen molar-refractivity contribution in [2.24, 2.45) is 0 Å². The van der Waals surface area contributed by atoms with Gasteiger partial charge in [-0.3, -0.25) is 0 Å². The second kappa shape index (κ2) is 5.15. The standard InChI is InChI=1S/C18H21N3/c1-13-11-14-5-2-3-7-17(14)21(13)18-15(6-4-10-19-18)12-20-16-8-9-16/h2-7,10,13,16,20H,8-9,11-12H2,1H3. The third-order valence-electron chi connectivity index (χ3n) is 4.46. The number of hydrogen-bond donors (Lipinski definition) is 1. The van der Waals surface area contributed by atoms with Crippen molar-refractivity contribution in [1.82, 2.24) is 10.3 Å². The van der Waals surface area contributed by atoms with E-state index < -0.39 is 0 Å². The number of rotatable bonds is 4. The minimum absolute atomic E-state index is 0.469. The summed E-state index contributed by atoms with van der Waals surface area (Å²) in [4.78, 5) is 7.10. The molecule has 0 spiro atoms. The molecule has 1 aliphatic heterocycles. The first-order valence-electron chi connectivity index (χ1n) is 7.87. The van der Waals surface area contributed by atoms with Crippen LogP contribution in [0, 0.1) is 0 Å². The van der Waals surface area contributed by atoms with Gasteiger partial charge in [0.25, 0.3) is 0 Å². The number of nitrogens with one attached hydrogen (secondary N) is 1. The molecule has 2 aliphatic rings. The van der Waals surface area contributed by atoms with Crippen LogP contribution in [0.5, 0.6) is 0 Å². The molecule has 2 aromatic rings. The fourth-order valence-corrected chi connectivity index (χ4v) is 3.22. The predicted molar refractivity (Wildman–Crippen MR) is 85.8 cm³/mol. The van der Waals surface area contributed by atoms with Crippen LogP contribution >= 0.6 is 0 Å². The molecule has 0 saturated heterocycles. The van der Waals surface area contributed by atoms with Crippen LogP contribution in [0.1, 0.15) is 30.9 Å². The van der Waals surface area contributed by atoms with Gasteiger partial charge in [0.05, 0.1) is 0 Å². The summed E-state index contributed by atoms with van der Waals surface area (Å²) < 4.78 is 0. The molecule has 3 nitrogen and oxygen atoms in total. The third kappa shape index (κ3) is 2.42. The highest BCUT2D eigenvalue weighted by atomic mass is 15.2. The second-order valence-corrected chi connectivity index (χ2v) is 6.19. The van der Waals surface area contributed by atoms with Crippen LogP contribution in [0.25, 0.3) is 0 Å². The van der Waals surface area contributed by atoms with Crippen LogP contribution in [-0.2, 0) is 13.0 Å². The number of para-hydroxylation sites is 1. The Morgan fingerprint density at radius 2 is 2.05 bits per heavy atom. The maximum absolute atomic E-state index is 4.69. The molecule has 1 N–H and O–H groups in total. The van der Waals surface area contributed by atoms with Gasteiger partial charge in [0, 0.05) is 36.1 Å². The summed E-state index contributed by atoms with van der Waals surface area (Å²) in [5.74, 6) is 1.11. The largest absolute Gasteiger partial charge is 0.323 e. The molecule has 21 heavy (non-hydrogen) atoms. The van der Waals surface area contributed by atoms with Crippen molar-refractivity contribution in [3.05, 3.63) is 53.7 Å². The molecule has 4 rings (SSSR count). The molecule has 2 heterocycles. The quantitative estimate of drug-likeness (QED) is 0.929. The minimum Gasteiger partial charge on any atom is -0.323 e. The Kier molecular flexibility index (Phi) is 3.15. The van der Waals surface area contributed by atoms with Crippen LogP contribution in [-0.4, -0.2) is 17.1 Å². The van der Waals surface area contributed by atoms with E-state index in [1.54, 1.807) is 0 Å². The van der Waals surface area contributed by atoms with Crippen molar-refractivity contribution in [2.75, 3.05) is 4.90 Å². The van der Waals surface area contributed by atoms with Crippen molar-refractivity contribution in [2.45, 2.75) is 44.8 Å². The van der Waals surface area contributed by atoms with E-state index in [1.807, 2.05) is 12.3 Å². The lowest BCUT2D eigenvalue weighted by molar-refractivity contribution is 0.678. The molecule has 3 heteroatoms. The average Bonchev–Trinajstić information content (AvgIpc) is 3.27. The molecule has 1 aliphatic carbocycles. The zero-order valence-corrected chi connectivity index (χ0v) is 12.4. The topological polar surface area (TPSA) is 28.2 Å². The number of aromatic nitrogens is 1. The van der Waals surface area contributed by atoms with Gasteiger partial charge in [-0.15, -0.1) is 0 Å². The Balaban J connectivity index is 1.69. The number of fused-ring (bicyclic) bond motifs is 1. The van der Waals surface area contributed by atoms with Crippen molar-refractivity contribution >= 4 is 11.5 Å². The lowest BCUT2D eigenvalue weighted by Gasteiger charge is -2.26. The smallest absolute Gasteiger partial charge is 0.137 e. The van der Waals surface area contributed by atoms with E-state index in [0.717, 1.165) is 24.8 Å². The van der Waals surface area contributed by atoms with Gasteiger partial charge >= 0.3 is 0 Å². The molecule has 1 aromatic carbocycles. The van der Waals surface area contributed by atoms with Gasteiger partial charge in [0.2, 0.25) is 0 Å². The highest BCUT2D eigenvalue weighted by molar-refractivity contribution is 5.70. The molecule has 0 amide bonds. The van der Waals surface area contributed by atoms with Crippen LogP contribution in [0.4, 0.5) is 11.5 Å². The summed E-state index contributed by atoms with van der Waals surface area (Å²) in [5, 5.41) is 3.61. The molecule has 108 valence electrons. The van der Waals surface area contributed by atoms with Crippen LogP contribution in [0.15, 0.2) is 42.6 Å². The predicted octanol–water partition coefficient (Wildman–Crippen LogP) is 3.42. The summed E-state index contributed by atoms with van der Waals surface area (Å²) >= 11 is 0. The molecule has 1 saturated carbocycles. The maximum atomic E-state index is 4.69. The van der Waals surface area contributed by atoms with Crippen molar-refractivity contribution < 1.29 is 0 Å². The fraction of sp³-hybridized carbons (Fsp3) is 0.389. The third-order valence-corrected chi connectivity index (χ3v) is 4.46. The monoisotopic (exact) mass is 279 g/mol. The van der Waals surface area contributed by atoms with Gasteiger partial charge < -0.3 is 10.2 Å². The van der Waals surface area contributed by atoms with E-state index in [9.17, 15) is 0 Å². The second-order valence-electron chi connectivity index (χ2n) is 6.19. The number of benzene rings is 1. The Labute approximate surface area is 126 Å². The highest BCUT2D eigenvalue weighted by Gasteiger charge is 2.29. The summed E-state index contributed by atoms with van der Waals surface area (Å²) in [6.07, 6.45) is 5.64. The van der Waals surface area contributed by atoms with E-state index >= 15 is 0 Å². The van der Waals surface area contributed by atoms with Crippen LogP contribution in [0.3, 0.4) is 0 Å². The number of hydrogen-bond acceptors (Lipinski definition) is 3. The first kappa shape index (κ1) is 12.8. The van der Waals surface area contributed by atoms with Crippen LogP contribution in [0.2, 0.25) is 0 Å². The summed E-state index contributed by atoms with van der Waals surface area (Å²) in [7, 11) is 0. The van der Waals surface area contributed by atoms with Crippen molar-refractivity contribution in [3.8, 4) is 0 Å². The lowest BCUT2D eigenvalue weighted by atomic mass is 10.1. The zero-order valence-electron chi connectivity index (χ0n) is 12.4. The van der Waals surface area contributed by atoms with E-state index in [-0.39, 0.29) is 0 Å². The van der Waals surface area contributed by atoms with Crippen molar-refractivity contribution in [3.63, 3.8) is 0 Å². The molecular formula is C18H21N3. The Morgan fingerprint density at radius 1 is 1.19 bits per heavy atom. The molecular weight excluding hydrogens is 258 g/mol. The zero-order chi connectivity index (χ0) is 14.2. The summed E-state index contributed by atoms with van der Waals surface area (Å²) in [6.45, 7) is 3.20. The minimum atomic E-state index is 0.469. The van der Waals surface area contributed by atoms with Crippen molar-refractivity contribution in [1.29, 1.82) is 0 Å². The number of pyridine rings is 1. The molecule has 1 unspecified atom stereocenters. The SMILES string of the molecule is CC1Cc2ccccc2N1c1ncccc1CNC1CC1. The van der Waals surface area contributed by atoms with E-state index in [4.69, 9.17) is 4.98 Å². The Bertz CT molecular complexity index is 648. The fourth-order valence-electron chi connectivity index (χ4n) is 3.22. The van der Waals surface area contributed by atoms with Gasteiger partial charge in [0.1, 0.15) is 5.82 Å². The summed E-state index contributed by atoms with van der Waals surface area (Å²) in [6, 6.07) is 14.1. The maximum Gasteiger partial charge on any atom is 0.137 e. The first-order chi connectivity index (χ1) is 10.3. The molecule has 0 bridgehead atoms. The van der Waals surface area contributed by atoms with Crippen LogP contribution < -0.4 is 10.2 Å². The molecule has 1 fully saturated rings. The first-order valence-corrected chi connectivity index (χ1v) is 7.87. The van der Waals surface area contributed by atoms with E-state index in [1.165, 1.54) is 29.7 Å². The highest BCUT2D eigenvalue weighted by Crippen LogP contribution is 2.38. The van der Waals surface area contributed by atoms with E-state index in [0.29, 0.717) is 6.04 Å². The lowest BCUT2D eigenvalue weighted by Crippen LogP contribution is -2.27. The Morgan fingerprint density at radius 3 is 2.90 bits per heavy atom. The molecule has 1 aromatic heterocycles. The van der Waals surface area contributed by atoms with Gasteiger partial charge in [0.15, 0.2) is 0 Å². The van der Waals surface area contributed by atoms with Gasteiger partial charge in [-0.25, -0.2) is 4.98 Å². The normalized spacial score (nSPS) is 20.6. The van der Waals surface area contributed by atoms with E-state index in [2.05, 4.69) is 47.5 Å². The number of nitrogens with zero attached hydrogens (tertiary/aromatic N) is 2. The summed E-state index contributed by atoms with van der Waals surface area (Å²) in [5.41, 5.74) is 4.04. The van der Waals surface area contributed by atoms with Gasteiger partial charge in [-0.2, -0.15) is 0 Å². The number of anilines is 2. The molecule has 1 atom stereocenters. The van der Waals surface area contributed by atoms with Gasteiger partial charge in [-0.05, 0) is 43.9 Å². The van der Waals surface area contributed by atoms with Gasteiger partial charge in [-0.1, -0.05) is 24.3 Å².